The van der Waals surface area contributed by atoms with Crippen LogP contribution in [0.25, 0.3) is 22.2 Å². The van der Waals surface area contributed by atoms with Crippen LogP contribution in [0.4, 0.5) is 5.69 Å². The van der Waals surface area contributed by atoms with Crippen LogP contribution in [-0.4, -0.2) is 4.98 Å². The first kappa shape index (κ1) is 12.6. The highest BCUT2D eigenvalue weighted by atomic mass is 15.2. The number of anilines is 1. The molecule has 0 aliphatic heterocycles. The van der Waals surface area contributed by atoms with Crippen molar-refractivity contribution < 1.29 is 0 Å². The Hall–Kier alpha value is -2.39. The fourth-order valence-electron chi connectivity index (χ4n) is 2.41. The molecule has 0 aliphatic carbocycles. The lowest BCUT2D eigenvalue weighted by Crippen LogP contribution is -2.08. The number of aryl methyl sites for hydroxylation is 2. The summed E-state index contributed by atoms with van der Waals surface area (Å²) in [5.41, 5.74) is 9.13. The molecule has 0 bridgehead atoms. The maximum absolute atomic E-state index is 5.67. The standard InChI is InChI=1S/C17H17N3/c1-11-8-9-14-16(20-18)10-15(19-17(14)12(11)2)13-6-4-3-5-7-13/h3-10H,18H2,1-2H3,(H,19,20). The summed E-state index contributed by atoms with van der Waals surface area (Å²) in [4.78, 5) is 4.82. The number of aromatic nitrogens is 1. The van der Waals surface area contributed by atoms with Crippen molar-refractivity contribution in [3.63, 3.8) is 0 Å². The number of fused-ring (bicyclic) bond motifs is 1. The fraction of sp³-hybridized carbons (Fsp3) is 0.118. The molecule has 0 aliphatic rings. The van der Waals surface area contributed by atoms with Crippen LogP contribution in [0.2, 0.25) is 0 Å². The van der Waals surface area contributed by atoms with Gasteiger partial charge in [0, 0.05) is 10.9 Å². The molecule has 1 heterocycles. The number of nitrogens with zero attached hydrogens (tertiary/aromatic N) is 1. The molecule has 3 heteroatoms. The summed E-state index contributed by atoms with van der Waals surface area (Å²) in [6.45, 7) is 4.20. The molecule has 0 saturated heterocycles. The van der Waals surface area contributed by atoms with Gasteiger partial charge in [0.05, 0.1) is 16.9 Å². The Balaban J connectivity index is 2.33. The quantitative estimate of drug-likeness (QED) is 0.546. The van der Waals surface area contributed by atoms with E-state index in [0.717, 1.165) is 27.8 Å². The summed E-state index contributed by atoms with van der Waals surface area (Å²) in [5, 5.41) is 1.05. The first-order valence-electron chi connectivity index (χ1n) is 6.63. The minimum atomic E-state index is 0.900. The zero-order chi connectivity index (χ0) is 14.1. The molecular formula is C17H17N3. The number of nitrogen functional groups attached to an aromatic ring is 1. The lowest BCUT2D eigenvalue weighted by Gasteiger charge is -2.12. The van der Waals surface area contributed by atoms with Crippen LogP contribution < -0.4 is 11.3 Å². The Kier molecular flexibility index (Phi) is 3.12. The van der Waals surface area contributed by atoms with Gasteiger partial charge in [-0.05, 0) is 31.0 Å². The molecule has 0 saturated carbocycles. The van der Waals surface area contributed by atoms with Gasteiger partial charge >= 0.3 is 0 Å². The van der Waals surface area contributed by atoms with Gasteiger partial charge in [-0.1, -0.05) is 42.5 Å². The molecule has 0 atom stereocenters. The average Bonchev–Trinajstić information content (AvgIpc) is 2.51. The number of nitrogens with two attached hydrogens (primary N) is 1. The van der Waals surface area contributed by atoms with Crippen molar-refractivity contribution in [2.24, 2.45) is 5.84 Å². The Morgan fingerprint density at radius 1 is 1.00 bits per heavy atom. The van der Waals surface area contributed by atoms with Crippen LogP contribution in [0.15, 0.2) is 48.5 Å². The smallest absolute Gasteiger partial charge is 0.0762 e. The Morgan fingerprint density at radius 2 is 1.75 bits per heavy atom. The van der Waals surface area contributed by atoms with Gasteiger partial charge in [-0.25, -0.2) is 4.98 Å². The average molecular weight is 263 g/mol. The highest BCUT2D eigenvalue weighted by molar-refractivity contribution is 5.95. The van der Waals surface area contributed by atoms with Gasteiger partial charge in [-0.15, -0.1) is 0 Å². The molecule has 3 aromatic rings. The summed E-state index contributed by atoms with van der Waals surface area (Å²) >= 11 is 0. The number of pyridine rings is 1. The zero-order valence-corrected chi connectivity index (χ0v) is 11.6. The third-order valence-corrected chi connectivity index (χ3v) is 3.73. The monoisotopic (exact) mass is 263 g/mol. The van der Waals surface area contributed by atoms with Gasteiger partial charge in [0.25, 0.3) is 0 Å². The van der Waals surface area contributed by atoms with E-state index in [1.807, 2.05) is 24.3 Å². The predicted molar refractivity (Wildman–Crippen MR) is 84.5 cm³/mol. The van der Waals surface area contributed by atoms with Gasteiger partial charge < -0.3 is 5.43 Å². The molecule has 3 N–H and O–H groups in total. The van der Waals surface area contributed by atoms with E-state index in [1.165, 1.54) is 11.1 Å². The molecule has 0 spiro atoms. The summed E-state index contributed by atoms with van der Waals surface area (Å²) in [6.07, 6.45) is 0. The SMILES string of the molecule is Cc1ccc2c(NN)cc(-c3ccccc3)nc2c1C. The molecule has 0 fully saturated rings. The lowest BCUT2D eigenvalue weighted by atomic mass is 10.0. The topological polar surface area (TPSA) is 50.9 Å². The van der Waals surface area contributed by atoms with Crippen LogP contribution in [0.5, 0.6) is 0 Å². The number of rotatable bonds is 2. The van der Waals surface area contributed by atoms with Crippen molar-refractivity contribution >= 4 is 16.6 Å². The van der Waals surface area contributed by atoms with Gasteiger partial charge in [-0.2, -0.15) is 0 Å². The summed E-state index contributed by atoms with van der Waals surface area (Å²) in [6, 6.07) is 16.3. The van der Waals surface area contributed by atoms with Gasteiger partial charge in [0.15, 0.2) is 0 Å². The van der Waals surface area contributed by atoms with E-state index in [0.29, 0.717) is 0 Å². The second kappa shape index (κ2) is 4.94. The Morgan fingerprint density at radius 3 is 2.45 bits per heavy atom. The second-order valence-corrected chi connectivity index (χ2v) is 4.97. The molecule has 0 amide bonds. The van der Waals surface area contributed by atoms with E-state index in [4.69, 9.17) is 10.8 Å². The minimum absolute atomic E-state index is 0.900. The summed E-state index contributed by atoms with van der Waals surface area (Å²) < 4.78 is 0. The van der Waals surface area contributed by atoms with E-state index in [-0.39, 0.29) is 0 Å². The predicted octanol–water partition coefficient (Wildman–Crippen LogP) is 3.80. The molecule has 100 valence electrons. The normalized spacial score (nSPS) is 10.8. The zero-order valence-electron chi connectivity index (χ0n) is 11.6. The van der Waals surface area contributed by atoms with Crippen LogP contribution in [-0.2, 0) is 0 Å². The van der Waals surface area contributed by atoms with Crippen LogP contribution in [0.3, 0.4) is 0 Å². The molecule has 0 unspecified atom stereocenters. The number of hydrazine groups is 1. The Labute approximate surface area is 118 Å². The highest BCUT2D eigenvalue weighted by Crippen LogP contribution is 2.30. The van der Waals surface area contributed by atoms with Crippen LogP contribution >= 0.6 is 0 Å². The molecule has 3 nitrogen and oxygen atoms in total. The van der Waals surface area contributed by atoms with Crippen molar-refractivity contribution in [2.45, 2.75) is 13.8 Å². The van der Waals surface area contributed by atoms with E-state index in [1.54, 1.807) is 0 Å². The van der Waals surface area contributed by atoms with E-state index in [9.17, 15) is 0 Å². The van der Waals surface area contributed by atoms with Gasteiger partial charge in [-0.3, -0.25) is 5.84 Å². The van der Waals surface area contributed by atoms with Crippen molar-refractivity contribution in [3.05, 3.63) is 59.7 Å². The number of nitrogens with one attached hydrogen (secondary N) is 1. The second-order valence-electron chi connectivity index (χ2n) is 4.97. The third-order valence-electron chi connectivity index (χ3n) is 3.73. The minimum Gasteiger partial charge on any atom is -0.323 e. The molecule has 20 heavy (non-hydrogen) atoms. The van der Waals surface area contributed by atoms with E-state index >= 15 is 0 Å². The van der Waals surface area contributed by atoms with Gasteiger partial charge in [0.1, 0.15) is 0 Å². The Bertz CT molecular complexity index is 764. The van der Waals surface area contributed by atoms with E-state index in [2.05, 4.69) is 43.5 Å². The fourth-order valence-corrected chi connectivity index (χ4v) is 2.41. The number of benzene rings is 2. The first-order chi connectivity index (χ1) is 9.70. The summed E-state index contributed by atoms with van der Waals surface area (Å²) in [5.74, 6) is 5.67. The number of hydrogen-bond donors (Lipinski definition) is 2. The van der Waals surface area contributed by atoms with E-state index < -0.39 is 0 Å². The van der Waals surface area contributed by atoms with Crippen molar-refractivity contribution in [1.29, 1.82) is 0 Å². The maximum atomic E-state index is 5.67. The molecule has 0 radical (unpaired) electrons. The molecule has 2 aromatic carbocycles. The first-order valence-corrected chi connectivity index (χ1v) is 6.63. The molecule has 3 rings (SSSR count). The lowest BCUT2D eigenvalue weighted by molar-refractivity contribution is 1.29. The van der Waals surface area contributed by atoms with Gasteiger partial charge in [0.2, 0.25) is 0 Å². The van der Waals surface area contributed by atoms with Crippen molar-refractivity contribution in [3.8, 4) is 11.3 Å². The van der Waals surface area contributed by atoms with Crippen LogP contribution in [0, 0.1) is 13.8 Å². The number of hydrogen-bond acceptors (Lipinski definition) is 3. The maximum Gasteiger partial charge on any atom is 0.0762 e. The van der Waals surface area contributed by atoms with Crippen LogP contribution in [0.1, 0.15) is 11.1 Å². The molecular weight excluding hydrogens is 246 g/mol. The molecule has 1 aromatic heterocycles. The largest absolute Gasteiger partial charge is 0.323 e. The van der Waals surface area contributed by atoms with Crippen molar-refractivity contribution in [2.75, 3.05) is 5.43 Å². The highest BCUT2D eigenvalue weighted by Gasteiger charge is 2.09. The third kappa shape index (κ3) is 2.02. The van der Waals surface area contributed by atoms with Crippen molar-refractivity contribution in [1.82, 2.24) is 4.98 Å². The summed E-state index contributed by atoms with van der Waals surface area (Å²) in [7, 11) is 0.